The smallest absolute Gasteiger partial charge is 0.0794 e. The minimum atomic E-state index is -0.252. The van der Waals surface area contributed by atoms with Crippen LogP contribution in [0.25, 0.3) is 0 Å². The fourth-order valence-electron chi connectivity index (χ4n) is 0.499. The lowest BCUT2D eigenvalue weighted by Gasteiger charge is -2.00. The molecule has 50 valence electrons. The van der Waals surface area contributed by atoms with Crippen molar-refractivity contribution in [1.82, 2.24) is 4.98 Å². The van der Waals surface area contributed by atoms with Crippen molar-refractivity contribution in [3.05, 3.63) is 16.6 Å². The monoisotopic (exact) mass is 144 g/mol. The van der Waals surface area contributed by atoms with Gasteiger partial charge in [0.2, 0.25) is 0 Å². The van der Waals surface area contributed by atoms with Crippen molar-refractivity contribution in [2.24, 2.45) is 5.73 Å². The molecule has 0 fully saturated rings. The van der Waals surface area contributed by atoms with Gasteiger partial charge in [0.25, 0.3) is 0 Å². The van der Waals surface area contributed by atoms with Crippen molar-refractivity contribution in [2.45, 2.75) is 6.04 Å². The molecule has 0 amide bonds. The van der Waals surface area contributed by atoms with Gasteiger partial charge in [-0.1, -0.05) is 0 Å². The molecule has 3 N–H and O–H groups in total. The van der Waals surface area contributed by atoms with E-state index in [1.54, 1.807) is 11.7 Å². The van der Waals surface area contributed by atoms with Crippen molar-refractivity contribution < 1.29 is 5.11 Å². The Balaban J connectivity index is 2.65. The first-order chi connectivity index (χ1) is 4.34. The molecule has 1 aromatic rings. The Bertz CT molecular complexity index is 163. The van der Waals surface area contributed by atoms with Crippen LogP contribution >= 0.6 is 11.3 Å². The molecule has 3 nitrogen and oxygen atoms in total. The van der Waals surface area contributed by atoms with E-state index in [9.17, 15) is 0 Å². The summed E-state index contributed by atoms with van der Waals surface area (Å²) < 4.78 is 0. The average molecular weight is 144 g/mol. The zero-order valence-corrected chi connectivity index (χ0v) is 5.64. The lowest BCUT2D eigenvalue weighted by Crippen LogP contribution is -2.12. The Morgan fingerprint density at radius 3 is 3.11 bits per heavy atom. The van der Waals surface area contributed by atoms with Crippen molar-refractivity contribution >= 4 is 11.3 Å². The second kappa shape index (κ2) is 2.91. The number of aliphatic hydroxyl groups excluding tert-OH is 1. The quantitative estimate of drug-likeness (QED) is 0.620. The van der Waals surface area contributed by atoms with Crippen LogP contribution in [-0.2, 0) is 0 Å². The molecule has 4 heteroatoms. The molecule has 1 aromatic heterocycles. The van der Waals surface area contributed by atoms with Crippen LogP contribution in [0.2, 0.25) is 0 Å². The van der Waals surface area contributed by atoms with Gasteiger partial charge in [-0.3, -0.25) is 4.98 Å². The number of rotatable bonds is 2. The maximum atomic E-state index is 8.56. The Hall–Kier alpha value is -0.450. The van der Waals surface area contributed by atoms with E-state index in [1.165, 1.54) is 11.3 Å². The fourth-order valence-corrected chi connectivity index (χ4v) is 1.11. The SMILES string of the molecule is N[C@H](CO)c1cncs1. The summed E-state index contributed by atoms with van der Waals surface area (Å²) in [6.07, 6.45) is 1.67. The molecule has 0 saturated heterocycles. The molecule has 0 spiro atoms. The summed E-state index contributed by atoms with van der Waals surface area (Å²) in [4.78, 5) is 4.75. The second-order valence-electron chi connectivity index (χ2n) is 1.69. The van der Waals surface area contributed by atoms with E-state index in [4.69, 9.17) is 10.8 Å². The molecule has 9 heavy (non-hydrogen) atoms. The highest BCUT2D eigenvalue weighted by molar-refractivity contribution is 7.09. The van der Waals surface area contributed by atoms with Crippen molar-refractivity contribution in [3.8, 4) is 0 Å². The molecule has 0 bridgehead atoms. The summed E-state index contributed by atoms with van der Waals surface area (Å²) >= 11 is 1.46. The van der Waals surface area contributed by atoms with Gasteiger partial charge in [-0.05, 0) is 0 Å². The van der Waals surface area contributed by atoms with Gasteiger partial charge in [0.05, 0.1) is 18.2 Å². The Morgan fingerprint density at radius 2 is 2.67 bits per heavy atom. The lowest BCUT2D eigenvalue weighted by molar-refractivity contribution is 0.269. The number of nitrogens with zero attached hydrogens (tertiary/aromatic N) is 1. The normalized spacial score (nSPS) is 13.6. The van der Waals surface area contributed by atoms with Gasteiger partial charge in [-0.2, -0.15) is 0 Å². The van der Waals surface area contributed by atoms with Crippen LogP contribution < -0.4 is 5.73 Å². The lowest BCUT2D eigenvalue weighted by atomic mass is 10.3. The first-order valence-electron chi connectivity index (χ1n) is 2.59. The summed E-state index contributed by atoms with van der Waals surface area (Å²) in [5.41, 5.74) is 7.16. The molecule has 0 unspecified atom stereocenters. The second-order valence-corrected chi connectivity index (χ2v) is 2.61. The van der Waals surface area contributed by atoms with Crippen LogP contribution in [-0.4, -0.2) is 16.7 Å². The molecule has 0 aliphatic carbocycles. The number of aromatic nitrogens is 1. The maximum absolute atomic E-state index is 8.56. The summed E-state index contributed by atoms with van der Waals surface area (Å²) in [6.45, 7) is -0.0117. The molecule has 1 rings (SSSR count). The van der Waals surface area contributed by atoms with Gasteiger partial charge in [0, 0.05) is 11.1 Å². The minimum Gasteiger partial charge on any atom is -0.394 e. The number of aliphatic hydroxyl groups is 1. The minimum absolute atomic E-state index is 0.0117. The number of nitrogens with two attached hydrogens (primary N) is 1. The summed E-state index contributed by atoms with van der Waals surface area (Å²) in [6, 6.07) is -0.252. The van der Waals surface area contributed by atoms with Gasteiger partial charge in [0.1, 0.15) is 0 Å². The summed E-state index contributed by atoms with van der Waals surface area (Å²) in [5.74, 6) is 0. The van der Waals surface area contributed by atoms with E-state index in [1.807, 2.05) is 0 Å². The van der Waals surface area contributed by atoms with Crippen LogP contribution in [0.15, 0.2) is 11.7 Å². The number of hydrogen-bond donors (Lipinski definition) is 2. The highest BCUT2D eigenvalue weighted by atomic mass is 32.1. The van der Waals surface area contributed by atoms with Gasteiger partial charge in [0.15, 0.2) is 0 Å². The first kappa shape index (κ1) is 6.67. The predicted molar refractivity (Wildman–Crippen MR) is 36.1 cm³/mol. The molecule has 0 aliphatic rings. The van der Waals surface area contributed by atoms with E-state index >= 15 is 0 Å². The topological polar surface area (TPSA) is 59.1 Å². The van der Waals surface area contributed by atoms with Crippen LogP contribution in [0.1, 0.15) is 10.9 Å². The Morgan fingerprint density at radius 1 is 1.89 bits per heavy atom. The van der Waals surface area contributed by atoms with E-state index in [2.05, 4.69) is 4.98 Å². The fraction of sp³-hybridized carbons (Fsp3) is 0.400. The van der Waals surface area contributed by atoms with E-state index in [-0.39, 0.29) is 12.6 Å². The standard InChI is InChI=1S/C5H8N2OS/c6-4(2-8)5-1-7-3-9-5/h1,3-4,8H,2,6H2/t4-/m1/s1. The third-order valence-corrected chi connectivity index (χ3v) is 1.92. The third kappa shape index (κ3) is 1.48. The van der Waals surface area contributed by atoms with Gasteiger partial charge in [-0.25, -0.2) is 0 Å². The number of thiazole rings is 1. The van der Waals surface area contributed by atoms with Crippen LogP contribution in [0.3, 0.4) is 0 Å². The largest absolute Gasteiger partial charge is 0.394 e. The zero-order valence-electron chi connectivity index (χ0n) is 4.82. The highest BCUT2D eigenvalue weighted by Gasteiger charge is 2.03. The van der Waals surface area contributed by atoms with E-state index < -0.39 is 0 Å². The zero-order chi connectivity index (χ0) is 6.69. The molecule has 0 aromatic carbocycles. The maximum Gasteiger partial charge on any atom is 0.0794 e. The van der Waals surface area contributed by atoms with Crippen molar-refractivity contribution in [1.29, 1.82) is 0 Å². The molecule has 1 heterocycles. The van der Waals surface area contributed by atoms with Crippen molar-refractivity contribution in [3.63, 3.8) is 0 Å². The average Bonchev–Trinajstić information content (AvgIpc) is 2.37. The van der Waals surface area contributed by atoms with Gasteiger partial charge < -0.3 is 10.8 Å². The molecular weight excluding hydrogens is 136 g/mol. The molecular formula is C5H8N2OS. The molecule has 0 aliphatic heterocycles. The van der Waals surface area contributed by atoms with Crippen LogP contribution in [0.5, 0.6) is 0 Å². The van der Waals surface area contributed by atoms with Crippen LogP contribution in [0, 0.1) is 0 Å². The summed E-state index contributed by atoms with van der Waals surface area (Å²) in [5, 5.41) is 8.56. The Labute approximate surface area is 57.2 Å². The van der Waals surface area contributed by atoms with E-state index in [0.29, 0.717) is 0 Å². The molecule has 0 radical (unpaired) electrons. The first-order valence-corrected chi connectivity index (χ1v) is 3.47. The Kier molecular flexibility index (Phi) is 2.16. The summed E-state index contributed by atoms with van der Waals surface area (Å²) in [7, 11) is 0. The van der Waals surface area contributed by atoms with Crippen molar-refractivity contribution in [2.75, 3.05) is 6.61 Å². The molecule has 0 saturated carbocycles. The van der Waals surface area contributed by atoms with Crippen LogP contribution in [0.4, 0.5) is 0 Å². The van der Waals surface area contributed by atoms with E-state index in [0.717, 1.165) is 4.88 Å². The highest BCUT2D eigenvalue weighted by Crippen LogP contribution is 2.12. The predicted octanol–water partition coefficient (Wildman–Crippen LogP) is 0.135. The molecule has 1 atom stereocenters. The van der Waals surface area contributed by atoms with Gasteiger partial charge in [-0.15, -0.1) is 11.3 Å². The third-order valence-electron chi connectivity index (χ3n) is 1.01. The number of hydrogen-bond acceptors (Lipinski definition) is 4. The van der Waals surface area contributed by atoms with Gasteiger partial charge >= 0.3 is 0 Å².